The SMILES string of the molecule is O=C(NC1(CO)CC1)c1ccc2c(c1)[C@@H]1CN(C(=O)c3nc(-c4ccccc4)ns3)C[C@@H]1NC2=O. The molecule has 35 heavy (non-hydrogen) atoms. The number of rotatable bonds is 5. The zero-order valence-electron chi connectivity index (χ0n) is 18.7. The summed E-state index contributed by atoms with van der Waals surface area (Å²) >= 11 is 1.07. The number of carbonyl (C=O) groups is 3. The predicted molar refractivity (Wildman–Crippen MR) is 128 cm³/mol. The second kappa shape index (κ2) is 8.24. The number of likely N-dealkylation sites (tertiary alicyclic amines) is 1. The van der Waals surface area contributed by atoms with Crippen molar-refractivity contribution >= 4 is 29.3 Å². The van der Waals surface area contributed by atoms with Gasteiger partial charge >= 0.3 is 0 Å². The Morgan fingerprint density at radius 3 is 2.71 bits per heavy atom. The summed E-state index contributed by atoms with van der Waals surface area (Å²) in [5.41, 5.74) is 2.04. The molecule has 0 spiro atoms. The third-order valence-corrected chi connectivity index (χ3v) is 7.76. The van der Waals surface area contributed by atoms with E-state index in [1.165, 1.54) is 0 Å². The lowest BCUT2D eigenvalue weighted by Crippen LogP contribution is -2.44. The second-order valence-electron chi connectivity index (χ2n) is 9.38. The van der Waals surface area contributed by atoms with Crippen molar-refractivity contribution in [3.63, 3.8) is 0 Å². The van der Waals surface area contributed by atoms with Crippen LogP contribution in [0.15, 0.2) is 48.5 Å². The number of fused-ring (bicyclic) bond motifs is 3. The molecule has 1 aromatic heterocycles. The van der Waals surface area contributed by atoms with E-state index in [9.17, 15) is 19.5 Å². The van der Waals surface area contributed by atoms with Crippen molar-refractivity contribution in [2.75, 3.05) is 19.7 Å². The van der Waals surface area contributed by atoms with Crippen molar-refractivity contribution in [3.05, 3.63) is 70.2 Å². The van der Waals surface area contributed by atoms with Gasteiger partial charge in [-0.05, 0) is 48.1 Å². The Morgan fingerprint density at radius 2 is 1.97 bits per heavy atom. The summed E-state index contributed by atoms with van der Waals surface area (Å²) < 4.78 is 4.34. The first-order valence-electron chi connectivity index (χ1n) is 11.5. The van der Waals surface area contributed by atoms with Crippen LogP contribution in [0.4, 0.5) is 0 Å². The van der Waals surface area contributed by atoms with Gasteiger partial charge in [-0.15, -0.1) is 0 Å². The largest absolute Gasteiger partial charge is 0.394 e. The summed E-state index contributed by atoms with van der Waals surface area (Å²) in [6.07, 6.45) is 1.50. The van der Waals surface area contributed by atoms with Crippen LogP contribution >= 0.6 is 11.5 Å². The molecule has 3 heterocycles. The Labute approximate surface area is 205 Å². The van der Waals surface area contributed by atoms with E-state index in [1.54, 1.807) is 23.1 Å². The van der Waals surface area contributed by atoms with E-state index in [2.05, 4.69) is 20.0 Å². The van der Waals surface area contributed by atoms with E-state index in [-0.39, 0.29) is 36.3 Å². The quantitative estimate of drug-likeness (QED) is 0.502. The van der Waals surface area contributed by atoms with Gasteiger partial charge in [-0.1, -0.05) is 30.3 Å². The topological polar surface area (TPSA) is 125 Å². The highest BCUT2D eigenvalue weighted by Crippen LogP contribution is 2.37. The molecule has 2 fully saturated rings. The van der Waals surface area contributed by atoms with Crippen molar-refractivity contribution in [1.82, 2.24) is 24.9 Å². The fraction of sp³-hybridized carbons (Fsp3) is 0.320. The van der Waals surface area contributed by atoms with Gasteiger partial charge in [-0.2, -0.15) is 4.37 Å². The average Bonchev–Trinajstić information content (AvgIpc) is 3.28. The summed E-state index contributed by atoms with van der Waals surface area (Å²) in [6, 6.07) is 14.3. The number of benzene rings is 2. The van der Waals surface area contributed by atoms with E-state index in [0.717, 1.165) is 35.5 Å². The maximum atomic E-state index is 13.2. The van der Waals surface area contributed by atoms with Gasteiger partial charge < -0.3 is 20.6 Å². The van der Waals surface area contributed by atoms with Gasteiger partial charge in [0.1, 0.15) is 0 Å². The number of aromatic nitrogens is 2. The van der Waals surface area contributed by atoms with Gasteiger partial charge in [-0.3, -0.25) is 14.4 Å². The van der Waals surface area contributed by atoms with Crippen LogP contribution in [0.2, 0.25) is 0 Å². The van der Waals surface area contributed by atoms with Crippen molar-refractivity contribution in [1.29, 1.82) is 0 Å². The van der Waals surface area contributed by atoms with Crippen LogP contribution in [0, 0.1) is 0 Å². The summed E-state index contributed by atoms with van der Waals surface area (Å²) in [5.74, 6) is -0.314. The lowest BCUT2D eigenvalue weighted by Gasteiger charge is -2.28. The van der Waals surface area contributed by atoms with Crippen molar-refractivity contribution < 1.29 is 19.5 Å². The fourth-order valence-electron chi connectivity index (χ4n) is 4.83. The van der Waals surface area contributed by atoms with Gasteiger partial charge in [-0.25, -0.2) is 4.98 Å². The summed E-state index contributed by atoms with van der Waals surface area (Å²) in [6.45, 7) is 0.674. The molecule has 6 rings (SSSR count). The Kier molecular flexibility index (Phi) is 5.15. The Bertz CT molecular complexity index is 1340. The molecule has 3 aliphatic rings. The van der Waals surface area contributed by atoms with E-state index in [4.69, 9.17) is 0 Å². The number of carbonyl (C=O) groups excluding carboxylic acids is 3. The number of aliphatic hydroxyl groups excluding tert-OH is 1. The average molecular weight is 490 g/mol. The standard InChI is InChI=1S/C25H23N5O4S/c31-13-25(8-9-25)28-21(32)15-6-7-16-17(10-15)18-11-30(12-19(18)26-22(16)33)24(34)23-27-20(29-35-23)14-4-2-1-3-5-14/h1-7,10,18-19,31H,8-9,11-13H2,(H,26,33)(H,28,32)/t18-,19-/m0/s1. The van der Waals surface area contributed by atoms with Crippen LogP contribution in [-0.2, 0) is 0 Å². The molecule has 0 radical (unpaired) electrons. The molecule has 3 amide bonds. The first-order chi connectivity index (χ1) is 17.0. The normalized spacial score (nSPS) is 21.6. The number of nitrogens with one attached hydrogen (secondary N) is 2. The van der Waals surface area contributed by atoms with Crippen molar-refractivity contribution in [2.45, 2.75) is 30.3 Å². The van der Waals surface area contributed by atoms with Crippen LogP contribution in [-0.4, -0.2) is 68.4 Å². The third-order valence-electron chi connectivity index (χ3n) is 7.06. The fourth-order valence-corrected chi connectivity index (χ4v) is 5.48. The number of amides is 3. The molecule has 1 saturated heterocycles. The molecule has 2 aromatic carbocycles. The third kappa shape index (κ3) is 3.88. The minimum atomic E-state index is -0.524. The second-order valence-corrected chi connectivity index (χ2v) is 10.1. The molecule has 3 aromatic rings. The van der Waals surface area contributed by atoms with E-state index < -0.39 is 5.54 Å². The molecule has 0 unspecified atom stereocenters. The zero-order valence-corrected chi connectivity index (χ0v) is 19.5. The molecule has 9 nitrogen and oxygen atoms in total. The number of hydrogen-bond acceptors (Lipinski definition) is 7. The summed E-state index contributed by atoms with van der Waals surface area (Å²) in [5, 5.41) is 15.8. The maximum Gasteiger partial charge on any atom is 0.284 e. The summed E-state index contributed by atoms with van der Waals surface area (Å²) in [7, 11) is 0. The van der Waals surface area contributed by atoms with Gasteiger partial charge in [0.25, 0.3) is 17.7 Å². The van der Waals surface area contributed by atoms with Gasteiger partial charge in [0.15, 0.2) is 5.82 Å². The van der Waals surface area contributed by atoms with Gasteiger partial charge in [0.2, 0.25) is 5.01 Å². The van der Waals surface area contributed by atoms with Gasteiger partial charge in [0.05, 0.1) is 18.2 Å². The van der Waals surface area contributed by atoms with Crippen LogP contribution < -0.4 is 10.6 Å². The number of aliphatic hydroxyl groups is 1. The minimum Gasteiger partial charge on any atom is -0.394 e. The monoisotopic (exact) mass is 489 g/mol. The molecule has 1 aliphatic carbocycles. The highest BCUT2D eigenvalue weighted by atomic mass is 32.1. The number of hydrogen-bond donors (Lipinski definition) is 3. The van der Waals surface area contributed by atoms with E-state index >= 15 is 0 Å². The maximum absolute atomic E-state index is 13.2. The molecule has 2 aliphatic heterocycles. The van der Waals surface area contributed by atoms with Crippen LogP contribution in [0.1, 0.15) is 54.8 Å². The molecule has 3 N–H and O–H groups in total. The summed E-state index contributed by atoms with van der Waals surface area (Å²) in [4.78, 5) is 44.9. The zero-order chi connectivity index (χ0) is 24.2. The van der Waals surface area contributed by atoms with Crippen molar-refractivity contribution in [2.24, 2.45) is 0 Å². The Hall–Kier alpha value is -3.63. The molecular weight excluding hydrogens is 466 g/mol. The number of nitrogens with zero attached hydrogens (tertiary/aromatic N) is 3. The Morgan fingerprint density at radius 1 is 1.17 bits per heavy atom. The smallest absolute Gasteiger partial charge is 0.284 e. The highest BCUT2D eigenvalue weighted by molar-refractivity contribution is 7.07. The predicted octanol–water partition coefficient (Wildman–Crippen LogP) is 1.81. The van der Waals surface area contributed by atoms with Crippen LogP contribution in [0.25, 0.3) is 11.4 Å². The van der Waals surface area contributed by atoms with Crippen LogP contribution in [0.5, 0.6) is 0 Å². The lowest BCUT2D eigenvalue weighted by molar-refractivity contribution is 0.0783. The Balaban J connectivity index is 1.23. The van der Waals surface area contributed by atoms with Crippen molar-refractivity contribution in [3.8, 4) is 11.4 Å². The van der Waals surface area contributed by atoms with E-state index in [0.29, 0.717) is 35.0 Å². The molecule has 178 valence electrons. The van der Waals surface area contributed by atoms with Crippen LogP contribution in [0.3, 0.4) is 0 Å². The molecule has 10 heteroatoms. The molecular formula is C25H23N5O4S. The van der Waals surface area contributed by atoms with Gasteiger partial charge in [0, 0.05) is 35.7 Å². The molecule has 2 atom stereocenters. The molecule has 0 bridgehead atoms. The lowest BCUT2D eigenvalue weighted by atomic mass is 9.85. The molecule has 1 saturated carbocycles. The minimum absolute atomic E-state index is 0.0918. The first-order valence-corrected chi connectivity index (χ1v) is 12.3. The van der Waals surface area contributed by atoms with E-state index in [1.807, 2.05) is 30.3 Å². The highest BCUT2D eigenvalue weighted by Gasteiger charge is 2.45. The first kappa shape index (κ1) is 21.9.